The summed E-state index contributed by atoms with van der Waals surface area (Å²) in [5, 5.41) is 14.7. The van der Waals surface area contributed by atoms with E-state index in [2.05, 4.69) is 4.99 Å². The number of aliphatic imine (C=N–C) groups is 1. The minimum atomic E-state index is -0.561. The smallest absolute Gasteiger partial charge is 0.220 e. The molecule has 5 nitrogen and oxygen atoms in total. The lowest BCUT2D eigenvalue weighted by Crippen LogP contribution is -2.39. The van der Waals surface area contributed by atoms with Crippen LogP contribution in [0.25, 0.3) is 11.1 Å². The van der Waals surface area contributed by atoms with Crippen molar-refractivity contribution in [2.45, 2.75) is 24.6 Å². The summed E-state index contributed by atoms with van der Waals surface area (Å²) in [4.78, 5) is 4.47. The molecule has 0 aromatic heterocycles. The van der Waals surface area contributed by atoms with Crippen LogP contribution >= 0.6 is 11.8 Å². The maximum atomic E-state index is 14.5. The van der Waals surface area contributed by atoms with E-state index < -0.39 is 17.7 Å². The third-order valence-corrected chi connectivity index (χ3v) is 5.95. The molecule has 1 atom stereocenters. The molecule has 0 saturated heterocycles. The second-order valence-electron chi connectivity index (χ2n) is 6.88. The molecule has 0 spiro atoms. The summed E-state index contributed by atoms with van der Waals surface area (Å²) < 4.78 is 33.0. The van der Waals surface area contributed by atoms with Gasteiger partial charge in [-0.1, -0.05) is 6.07 Å². The highest BCUT2D eigenvalue weighted by molar-refractivity contribution is 8.01. The van der Waals surface area contributed by atoms with Gasteiger partial charge in [0.05, 0.1) is 10.8 Å². The molecule has 0 bridgehead atoms. The van der Waals surface area contributed by atoms with E-state index in [9.17, 15) is 8.78 Å². The minimum Gasteiger partial charge on any atom is -0.428 e. The molecule has 0 amide bonds. The van der Waals surface area contributed by atoms with Gasteiger partial charge in [-0.05, 0) is 55.3 Å². The van der Waals surface area contributed by atoms with Crippen molar-refractivity contribution in [1.29, 1.82) is 10.8 Å². The van der Waals surface area contributed by atoms with Gasteiger partial charge in [0.2, 0.25) is 5.90 Å². The van der Waals surface area contributed by atoms with Gasteiger partial charge in [-0.15, -0.1) is 11.8 Å². The molecule has 1 unspecified atom stereocenters. The van der Waals surface area contributed by atoms with E-state index in [1.165, 1.54) is 12.1 Å². The Bertz CT molecular complexity index is 975. The van der Waals surface area contributed by atoms with Gasteiger partial charge in [0.1, 0.15) is 17.5 Å². The zero-order valence-electron chi connectivity index (χ0n) is 15.4. The normalized spacial score (nSPS) is 18.3. The van der Waals surface area contributed by atoms with E-state index in [1.807, 2.05) is 13.8 Å². The number of hydrogen-bond donors (Lipinski definition) is 3. The van der Waals surface area contributed by atoms with E-state index in [4.69, 9.17) is 21.3 Å². The molecule has 8 heteroatoms. The van der Waals surface area contributed by atoms with Crippen LogP contribution in [-0.4, -0.2) is 28.6 Å². The Balaban J connectivity index is 2.02. The number of nitrogens with zero attached hydrogens (tertiary/aromatic N) is 1. The number of thioether (sulfide) groups is 1. The number of nitrogens with one attached hydrogen (secondary N) is 2. The third kappa shape index (κ3) is 4.06. The molecule has 0 saturated carbocycles. The molecule has 3 rings (SSSR count). The van der Waals surface area contributed by atoms with E-state index in [0.29, 0.717) is 34.7 Å². The number of rotatable bonds is 4. The SMILES string of the molecule is CC1(C)SCC(c2cc(-c3cc(F)cc(C(=N)OC=N)c3)ccc2F)N=C1N. The van der Waals surface area contributed by atoms with Crippen LogP contribution in [0.15, 0.2) is 41.4 Å². The molecule has 2 aromatic rings. The summed E-state index contributed by atoms with van der Waals surface area (Å²) in [7, 11) is 0. The number of ether oxygens (including phenoxy) is 1. The van der Waals surface area contributed by atoms with Crippen LogP contribution in [0.3, 0.4) is 0 Å². The molecule has 1 aliphatic rings. The molecule has 0 fully saturated rings. The van der Waals surface area contributed by atoms with Crippen molar-refractivity contribution >= 4 is 29.9 Å². The highest BCUT2D eigenvalue weighted by Gasteiger charge is 2.31. The zero-order chi connectivity index (χ0) is 20.5. The van der Waals surface area contributed by atoms with Crippen molar-refractivity contribution in [1.82, 2.24) is 0 Å². The standard InChI is InChI=1S/C20H20F2N4OS/c1-20(2)19(25)26-17(9-28-20)15-8-11(3-4-16(15)22)12-5-13(7-14(21)6-12)18(24)27-10-23/h3-8,10,17,23-24H,9H2,1-2H3,(H2,25,26). The average Bonchev–Trinajstić information content (AvgIpc) is 2.64. The first-order chi connectivity index (χ1) is 13.2. The van der Waals surface area contributed by atoms with Crippen LogP contribution in [0.1, 0.15) is 31.0 Å². The van der Waals surface area contributed by atoms with Crippen molar-refractivity contribution in [3.63, 3.8) is 0 Å². The summed E-state index contributed by atoms with van der Waals surface area (Å²) in [5.41, 5.74) is 7.67. The predicted octanol–water partition coefficient (Wildman–Crippen LogP) is 4.50. The highest BCUT2D eigenvalue weighted by Crippen LogP contribution is 2.38. The molecule has 4 N–H and O–H groups in total. The van der Waals surface area contributed by atoms with Gasteiger partial charge in [-0.25, -0.2) is 8.78 Å². The van der Waals surface area contributed by atoms with Crippen molar-refractivity contribution in [3.05, 3.63) is 59.2 Å². The lowest BCUT2D eigenvalue weighted by Gasteiger charge is -2.31. The molecule has 2 aromatic carbocycles. The Kier molecular flexibility index (Phi) is 5.51. The van der Waals surface area contributed by atoms with Crippen molar-refractivity contribution in [3.8, 4) is 11.1 Å². The molecular weight excluding hydrogens is 382 g/mol. The van der Waals surface area contributed by atoms with Crippen LogP contribution < -0.4 is 5.73 Å². The summed E-state index contributed by atoms with van der Waals surface area (Å²) in [6.07, 6.45) is 0.605. The maximum absolute atomic E-state index is 14.5. The number of nitrogens with two attached hydrogens (primary N) is 1. The maximum Gasteiger partial charge on any atom is 0.220 e. The fourth-order valence-corrected chi connectivity index (χ4v) is 3.90. The predicted molar refractivity (Wildman–Crippen MR) is 109 cm³/mol. The molecule has 28 heavy (non-hydrogen) atoms. The molecule has 0 radical (unpaired) electrons. The van der Waals surface area contributed by atoms with Crippen LogP contribution in [0.2, 0.25) is 0 Å². The number of hydrogen-bond acceptors (Lipinski definition) is 6. The molecule has 1 heterocycles. The molecule has 0 aliphatic carbocycles. The second-order valence-corrected chi connectivity index (χ2v) is 8.52. The van der Waals surface area contributed by atoms with Gasteiger partial charge in [-0.2, -0.15) is 0 Å². The number of halogens is 2. The van der Waals surface area contributed by atoms with E-state index >= 15 is 0 Å². The fraction of sp³-hybridized carbons (Fsp3) is 0.250. The van der Waals surface area contributed by atoms with Gasteiger partial charge < -0.3 is 10.5 Å². The first kappa shape index (κ1) is 20.0. The Hall–Kier alpha value is -2.74. The van der Waals surface area contributed by atoms with Crippen LogP contribution in [0, 0.1) is 22.5 Å². The quantitative estimate of drug-likeness (QED) is 0.519. The largest absolute Gasteiger partial charge is 0.428 e. The second kappa shape index (κ2) is 7.71. The first-order valence-electron chi connectivity index (χ1n) is 8.54. The van der Waals surface area contributed by atoms with Crippen molar-refractivity contribution in [2.75, 3.05) is 5.75 Å². The molecular formula is C20H20F2N4OS. The lowest BCUT2D eigenvalue weighted by molar-refractivity contribution is 0.559. The Morgan fingerprint density at radius 1 is 1.25 bits per heavy atom. The summed E-state index contributed by atoms with van der Waals surface area (Å²) >= 11 is 1.61. The Labute approximate surface area is 166 Å². The van der Waals surface area contributed by atoms with Gasteiger partial charge in [0, 0.05) is 16.9 Å². The van der Waals surface area contributed by atoms with E-state index in [-0.39, 0.29) is 16.2 Å². The monoisotopic (exact) mass is 402 g/mol. The number of benzene rings is 2. The van der Waals surface area contributed by atoms with Crippen LogP contribution in [0.4, 0.5) is 8.78 Å². The molecule has 1 aliphatic heterocycles. The van der Waals surface area contributed by atoms with Gasteiger partial charge in [0.15, 0.2) is 6.40 Å². The zero-order valence-corrected chi connectivity index (χ0v) is 16.2. The van der Waals surface area contributed by atoms with Crippen LogP contribution in [-0.2, 0) is 4.74 Å². The van der Waals surface area contributed by atoms with Crippen molar-refractivity contribution < 1.29 is 13.5 Å². The Morgan fingerprint density at radius 3 is 2.68 bits per heavy atom. The van der Waals surface area contributed by atoms with Gasteiger partial charge in [0.25, 0.3) is 0 Å². The first-order valence-corrected chi connectivity index (χ1v) is 9.52. The third-order valence-electron chi connectivity index (χ3n) is 4.54. The number of amidine groups is 1. The highest BCUT2D eigenvalue weighted by atomic mass is 32.2. The van der Waals surface area contributed by atoms with Crippen molar-refractivity contribution in [2.24, 2.45) is 10.7 Å². The minimum absolute atomic E-state index is 0.182. The Morgan fingerprint density at radius 2 is 2.00 bits per heavy atom. The molecule has 146 valence electrons. The average molecular weight is 402 g/mol. The topological polar surface area (TPSA) is 95.3 Å². The van der Waals surface area contributed by atoms with E-state index in [0.717, 1.165) is 6.07 Å². The van der Waals surface area contributed by atoms with Crippen LogP contribution in [0.5, 0.6) is 0 Å². The summed E-state index contributed by atoms with van der Waals surface area (Å²) in [6.45, 7) is 3.94. The summed E-state index contributed by atoms with van der Waals surface area (Å²) in [5.74, 6) is -0.262. The van der Waals surface area contributed by atoms with Gasteiger partial charge >= 0.3 is 0 Å². The summed E-state index contributed by atoms with van der Waals surface area (Å²) in [6, 6.07) is 8.08. The fourth-order valence-electron chi connectivity index (χ4n) is 2.87. The van der Waals surface area contributed by atoms with E-state index in [1.54, 1.807) is 30.0 Å². The van der Waals surface area contributed by atoms with Gasteiger partial charge in [-0.3, -0.25) is 15.8 Å². The lowest BCUT2D eigenvalue weighted by atomic mass is 9.98.